The van der Waals surface area contributed by atoms with Crippen LogP contribution < -0.4 is 19.5 Å². The Kier molecular flexibility index (Phi) is 7.53. The SMILES string of the molecule is COc1ccc(NCc2c(Br)ccc(OC)c2OCc2c(Cl)cccc2Cl)cc1. The maximum Gasteiger partial charge on any atom is 0.167 e. The van der Waals surface area contributed by atoms with Crippen LogP contribution in [0.5, 0.6) is 17.2 Å². The molecule has 152 valence electrons. The minimum absolute atomic E-state index is 0.223. The third kappa shape index (κ3) is 5.30. The average molecular weight is 497 g/mol. The quantitative estimate of drug-likeness (QED) is 0.365. The Bertz CT molecular complexity index is 960. The molecule has 0 fully saturated rings. The molecule has 0 atom stereocenters. The number of hydrogen-bond donors (Lipinski definition) is 1. The number of rotatable bonds is 8. The third-order valence-electron chi connectivity index (χ3n) is 4.37. The van der Waals surface area contributed by atoms with Gasteiger partial charge in [0, 0.05) is 37.9 Å². The van der Waals surface area contributed by atoms with Gasteiger partial charge in [-0.15, -0.1) is 0 Å². The van der Waals surface area contributed by atoms with E-state index in [1.165, 1.54) is 0 Å². The largest absolute Gasteiger partial charge is 0.497 e. The summed E-state index contributed by atoms with van der Waals surface area (Å²) in [7, 11) is 3.25. The van der Waals surface area contributed by atoms with Crippen molar-refractivity contribution in [1.29, 1.82) is 0 Å². The minimum atomic E-state index is 0.223. The fourth-order valence-corrected chi connectivity index (χ4v) is 3.74. The molecule has 0 amide bonds. The maximum absolute atomic E-state index is 6.28. The first-order valence-corrected chi connectivity index (χ1v) is 10.4. The lowest BCUT2D eigenvalue weighted by Gasteiger charge is -2.18. The number of anilines is 1. The van der Waals surface area contributed by atoms with Gasteiger partial charge in [0.25, 0.3) is 0 Å². The topological polar surface area (TPSA) is 39.7 Å². The van der Waals surface area contributed by atoms with E-state index in [4.69, 9.17) is 37.4 Å². The third-order valence-corrected chi connectivity index (χ3v) is 5.82. The van der Waals surface area contributed by atoms with Crippen molar-refractivity contribution in [3.05, 3.63) is 80.2 Å². The van der Waals surface area contributed by atoms with Crippen molar-refractivity contribution >= 4 is 44.8 Å². The molecule has 29 heavy (non-hydrogen) atoms. The van der Waals surface area contributed by atoms with E-state index in [-0.39, 0.29) is 6.61 Å². The summed E-state index contributed by atoms with van der Waals surface area (Å²) in [4.78, 5) is 0. The summed E-state index contributed by atoms with van der Waals surface area (Å²) in [5.41, 5.74) is 2.61. The zero-order chi connectivity index (χ0) is 20.8. The normalized spacial score (nSPS) is 10.5. The molecule has 4 nitrogen and oxygen atoms in total. The number of methoxy groups -OCH3 is 2. The highest BCUT2D eigenvalue weighted by Crippen LogP contribution is 2.38. The lowest BCUT2D eigenvalue weighted by Crippen LogP contribution is -2.06. The monoisotopic (exact) mass is 495 g/mol. The lowest BCUT2D eigenvalue weighted by molar-refractivity contribution is 0.281. The summed E-state index contributed by atoms with van der Waals surface area (Å²) in [6.07, 6.45) is 0. The Hall–Kier alpha value is -2.08. The van der Waals surface area contributed by atoms with Crippen LogP contribution in [0.15, 0.2) is 59.1 Å². The van der Waals surface area contributed by atoms with Crippen LogP contribution in [-0.2, 0) is 13.2 Å². The van der Waals surface area contributed by atoms with E-state index in [0.717, 1.165) is 27.0 Å². The molecule has 0 unspecified atom stereocenters. The minimum Gasteiger partial charge on any atom is -0.497 e. The molecule has 3 rings (SSSR count). The Morgan fingerprint density at radius 3 is 2.17 bits per heavy atom. The molecule has 0 saturated heterocycles. The van der Waals surface area contributed by atoms with Crippen LogP contribution in [0.4, 0.5) is 5.69 Å². The fraction of sp³-hybridized carbons (Fsp3) is 0.182. The van der Waals surface area contributed by atoms with Gasteiger partial charge in [-0.05, 0) is 48.5 Å². The van der Waals surface area contributed by atoms with Gasteiger partial charge in [-0.2, -0.15) is 0 Å². The summed E-state index contributed by atoms with van der Waals surface area (Å²) in [6.45, 7) is 0.747. The van der Waals surface area contributed by atoms with Crippen molar-refractivity contribution in [1.82, 2.24) is 0 Å². The Balaban J connectivity index is 1.84. The second-order valence-corrected chi connectivity index (χ2v) is 7.80. The predicted octanol–water partition coefficient (Wildman–Crippen LogP) is 6.96. The molecule has 0 aliphatic carbocycles. The standard InChI is InChI=1S/C22H20BrCl2NO3/c1-27-15-8-6-14(7-9-15)26-12-16-18(23)10-11-21(28-2)22(16)29-13-17-19(24)4-3-5-20(17)25/h3-11,26H,12-13H2,1-2H3. The van der Waals surface area contributed by atoms with Crippen LogP contribution in [0.25, 0.3) is 0 Å². The van der Waals surface area contributed by atoms with Gasteiger partial charge < -0.3 is 19.5 Å². The van der Waals surface area contributed by atoms with Crippen molar-refractivity contribution in [3.63, 3.8) is 0 Å². The van der Waals surface area contributed by atoms with Gasteiger partial charge in [0.2, 0.25) is 0 Å². The summed E-state index contributed by atoms with van der Waals surface area (Å²) < 4.78 is 17.7. The van der Waals surface area contributed by atoms with Crippen molar-refractivity contribution < 1.29 is 14.2 Å². The van der Waals surface area contributed by atoms with E-state index in [0.29, 0.717) is 28.1 Å². The molecule has 3 aromatic rings. The molecule has 0 bridgehead atoms. The summed E-state index contributed by atoms with van der Waals surface area (Å²) in [6, 6.07) is 16.9. The van der Waals surface area contributed by atoms with Crippen molar-refractivity contribution in [2.24, 2.45) is 0 Å². The summed E-state index contributed by atoms with van der Waals surface area (Å²) >= 11 is 16.2. The molecule has 0 aromatic heterocycles. The van der Waals surface area contributed by atoms with Crippen LogP contribution in [-0.4, -0.2) is 14.2 Å². The van der Waals surface area contributed by atoms with Gasteiger partial charge in [0.05, 0.1) is 14.2 Å². The number of halogens is 3. The van der Waals surface area contributed by atoms with Gasteiger partial charge in [-0.3, -0.25) is 0 Å². The number of hydrogen-bond acceptors (Lipinski definition) is 4. The van der Waals surface area contributed by atoms with Crippen molar-refractivity contribution in [2.45, 2.75) is 13.2 Å². The highest BCUT2D eigenvalue weighted by Gasteiger charge is 2.16. The van der Waals surface area contributed by atoms with Gasteiger partial charge in [-0.25, -0.2) is 0 Å². The smallest absolute Gasteiger partial charge is 0.167 e. The van der Waals surface area contributed by atoms with Gasteiger partial charge in [0.1, 0.15) is 12.4 Å². The van der Waals surface area contributed by atoms with E-state index < -0.39 is 0 Å². The van der Waals surface area contributed by atoms with Crippen LogP contribution >= 0.6 is 39.1 Å². The summed E-state index contributed by atoms with van der Waals surface area (Å²) in [5.74, 6) is 2.06. The molecular weight excluding hydrogens is 477 g/mol. The van der Waals surface area contributed by atoms with Crippen LogP contribution in [0, 0.1) is 0 Å². The first kappa shape index (κ1) is 21.6. The molecular formula is C22H20BrCl2NO3. The molecule has 7 heteroatoms. The van der Waals surface area contributed by atoms with Gasteiger partial charge in [-0.1, -0.05) is 45.2 Å². The molecule has 0 spiro atoms. The highest BCUT2D eigenvalue weighted by molar-refractivity contribution is 9.10. The fourth-order valence-electron chi connectivity index (χ4n) is 2.78. The zero-order valence-corrected chi connectivity index (χ0v) is 19.1. The van der Waals surface area contributed by atoms with Crippen LogP contribution in [0.2, 0.25) is 10.0 Å². The summed E-state index contributed by atoms with van der Waals surface area (Å²) in [5, 5.41) is 4.51. The lowest BCUT2D eigenvalue weighted by atomic mass is 10.1. The molecule has 0 radical (unpaired) electrons. The molecule has 0 aliphatic rings. The number of benzene rings is 3. The van der Waals surface area contributed by atoms with E-state index in [1.807, 2.05) is 36.4 Å². The van der Waals surface area contributed by atoms with Crippen molar-refractivity contribution in [2.75, 3.05) is 19.5 Å². The Morgan fingerprint density at radius 1 is 0.862 bits per heavy atom. The van der Waals surface area contributed by atoms with E-state index in [2.05, 4.69) is 21.2 Å². The Morgan fingerprint density at radius 2 is 1.55 bits per heavy atom. The molecule has 0 aliphatic heterocycles. The molecule has 1 N–H and O–H groups in total. The first-order chi connectivity index (χ1) is 14.0. The maximum atomic E-state index is 6.28. The second kappa shape index (κ2) is 10.1. The first-order valence-electron chi connectivity index (χ1n) is 8.82. The molecule has 0 saturated carbocycles. The molecule has 0 heterocycles. The van der Waals surface area contributed by atoms with E-state index in [9.17, 15) is 0 Å². The highest BCUT2D eigenvalue weighted by atomic mass is 79.9. The van der Waals surface area contributed by atoms with Crippen LogP contribution in [0.1, 0.15) is 11.1 Å². The predicted molar refractivity (Wildman–Crippen MR) is 122 cm³/mol. The number of ether oxygens (including phenoxy) is 3. The van der Waals surface area contributed by atoms with E-state index >= 15 is 0 Å². The van der Waals surface area contributed by atoms with Crippen LogP contribution in [0.3, 0.4) is 0 Å². The Labute approximate surface area is 188 Å². The zero-order valence-electron chi connectivity index (χ0n) is 16.0. The second-order valence-electron chi connectivity index (χ2n) is 6.13. The van der Waals surface area contributed by atoms with E-state index in [1.54, 1.807) is 32.4 Å². The molecule has 3 aromatic carbocycles. The van der Waals surface area contributed by atoms with Gasteiger partial charge >= 0.3 is 0 Å². The number of nitrogens with one attached hydrogen (secondary N) is 1. The van der Waals surface area contributed by atoms with Gasteiger partial charge in [0.15, 0.2) is 11.5 Å². The average Bonchev–Trinajstić information content (AvgIpc) is 2.73. The van der Waals surface area contributed by atoms with Crippen molar-refractivity contribution in [3.8, 4) is 17.2 Å².